The predicted octanol–water partition coefficient (Wildman–Crippen LogP) is 1.94. The van der Waals surface area contributed by atoms with Gasteiger partial charge in [0, 0.05) is 12.6 Å². The van der Waals surface area contributed by atoms with Crippen molar-refractivity contribution in [1.29, 1.82) is 0 Å². The Morgan fingerprint density at radius 2 is 1.88 bits per heavy atom. The van der Waals surface area contributed by atoms with Crippen molar-refractivity contribution < 1.29 is 19.4 Å². The van der Waals surface area contributed by atoms with Gasteiger partial charge in [-0.2, -0.15) is 0 Å². The number of methoxy groups -OCH3 is 1. The molecule has 134 valence electrons. The first-order chi connectivity index (χ1) is 11.6. The summed E-state index contributed by atoms with van der Waals surface area (Å²) in [5, 5.41) is 8.86. The molecule has 24 heavy (non-hydrogen) atoms. The minimum Gasteiger partial charge on any atom is -0.497 e. The maximum absolute atomic E-state index is 10.8. The van der Waals surface area contributed by atoms with E-state index in [1.54, 1.807) is 7.11 Å². The Morgan fingerprint density at radius 1 is 1.25 bits per heavy atom. The maximum Gasteiger partial charge on any atom is 0.317 e. The van der Waals surface area contributed by atoms with Gasteiger partial charge in [-0.1, -0.05) is 0 Å². The summed E-state index contributed by atoms with van der Waals surface area (Å²) in [7, 11) is 3.55. The molecular formula is C18H28N2O4. The van der Waals surface area contributed by atoms with Crippen molar-refractivity contribution in [2.45, 2.75) is 25.3 Å². The second kappa shape index (κ2) is 9.49. The SMILES string of the molecule is COc1ccc(OCCCN2CCC(N(C)CC(=O)O)CC2)cc1. The Kier molecular flexibility index (Phi) is 7.34. The number of rotatable bonds is 9. The van der Waals surface area contributed by atoms with Crippen molar-refractivity contribution in [1.82, 2.24) is 9.80 Å². The summed E-state index contributed by atoms with van der Waals surface area (Å²) in [5.41, 5.74) is 0. The summed E-state index contributed by atoms with van der Waals surface area (Å²) < 4.78 is 10.9. The van der Waals surface area contributed by atoms with Gasteiger partial charge >= 0.3 is 5.97 Å². The summed E-state index contributed by atoms with van der Waals surface area (Å²) in [6.45, 7) is 3.89. The molecule has 6 heteroatoms. The number of carboxylic acids is 1. The normalized spacial score (nSPS) is 16.3. The van der Waals surface area contributed by atoms with Crippen LogP contribution in [0.4, 0.5) is 0 Å². The molecule has 1 saturated heterocycles. The van der Waals surface area contributed by atoms with E-state index in [4.69, 9.17) is 14.6 Å². The van der Waals surface area contributed by atoms with E-state index in [2.05, 4.69) is 4.90 Å². The third-order valence-electron chi connectivity index (χ3n) is 4.51. The molecule has 0 saturated carbocycles. The molecule has 0 bridgehead atoms. The molecule has 1 aromatic carbocycles. The maximum atomic E-state index is 10.8. The van der Waals surface area contributed by atoms with Crippen molar-refractivity contribution >= 4 is 5.97 Å². The summed E-state index contributed by atoms with van der Waals surface area (Å²) in [6, 6.07) is 8.01. The third kappa shape index (κ3) is 6.02. The first-order valence-corrected chi connectivity index (χ1v) is 8.49. The van der Waals surface area contributed by atoms with Gasteiger partial charge in [0.2, 0.25) is 0 Å². The lowest BCUT2D eigenvalue weighted by atomic mass is 10.0. The van der Waals surface area contributed by atoms with E-state index in [-0.39, 0.29) is 6.54 Å². The molecule has 0 aromatic heterocycles. The van der Waals surface area contributed by atoms with Crippen LogP contribution < -0.4 is 9.47 Å². The van der Waals surface area contributed by atoms with Crippen LogP contribution in [0, 0.1) is 0 Å². The lowest BCUT2D eigenvalue weighted by molar-refractivity contribution is -0.138. The highest BCUT2D eigenvalue weighted by Gasteiger charge is 2.23. The molecule has 2 rings (SSSR count). The molecule has 1 heterocycles. The predicted molar refractivity (Wildman–Crippen MR) is 92.8 cm³/mol. The number of likely N-dealkylation sites (tertiary alicyclic amines) is 1. The average molecular weight is 336 g/mol. The molecule has 0 amide bonds. The van der Waals surface area contributed by atoms with E-state index in [1.165, 1.54) is 0 Å². The quantitative estimate of drug-likeness (QED) is 0.696. The van der Waals surface area contributed by atoms with Gasteiger partial charge in [-0.25, -0.2) is 0 Å². The Bertz CT molecular complexity index is 498. The molecule has 1 fully saturated rings. The zero-order valence-electron chi connectivity index (χ0n) is 14.6. The van der Waals surface area contributed by atoms with Crippen LogP contribution in [0.1, 0.15) is 19.3 Å². The molecule has 1 aliphatic rings. The number of piperidine rings is 1. The lowest BCUT2D eigenvalue weighted by Crippen LogP contribution is -2.45. The van der Waals surface area contributed by atoms with Crippen molar-refractivity contribution in [3.63, 3.8) is 0 Å². The topological polar surface area (TPSA) is 62.2 Å². The van der Waals surface area contributed by atoms with Gasteiger partial charge in [0.1, 0.15) is 11.5 Å². The summed E-state index contributed by atoms with van der Waals surface area (Å²) in [4.78, 5) is 15.2. The number of carbonyl (C=O) groups is 1. The van der Waals surface area contributed by atoms with Crippen LogP contribution in [0.15, 0.2) is 24.3 Å². The molecule has 6 nitrogen and oxygen atoms in total. The van der Waals surface area contributed by atoms with Crippen LogP contribution in [0.2, 0.25) is 0 Å². The highest BCUT2D eigenvalue weighted by atomic mass is 16.5. The van der Waals surface area contributed by atoms with Crippen LogP contribution in [-0.2, 0) is 4.79 Å². The number of hydrogen-bond donors (Lipinski definition) is 1. The highest BCUT2D eigenvalue weighted by molar-refractivity contribution is 5.69. The van der Waals surface area contributed by atoms with Crippen LogP contribution in [0.25, 0.3) is 0 Å². The Morgan fingerprint density at radius 3 is 2.46 bits per heavy atom. The zero-order chi connectivity index (χ0) is 17.4. The number of carboxylic acid groups (broad SMARTS) is 1. The van der Waals surface area contributed by atoms with Crippen LogP contribution in [0.3, 0.4) is 0 Å². The summed E-state index contributed by atoms with van der Waals surface area (Å²) >= 11 is 0. The fraction of sp³-hybridized carbons (Fsp3) is 0.611. The Balaban J connectivity index is 1.59. The van der Waals surface area contributed by atoms with Crippen molar-refractivity contribution in [2.75, 3.05) is 46.9 Å². The third-order valence-corrected chi connectivity index (χ3v) is 4.51. The number of ether oxygens (including phenoxy) is 2. The number of aliphatic carboxylic acids is 1. The summed E-state index contributed by atoms with van der Waals surface area (Å²) in [6.07, 6.45) is 3.05. The first kappa shape index (κ1) is 18.5. The van der Waals surface area contributed by atoms with Gasteiger partial charge in [-0.15, -0.1) is 0 Å². The van der Waals surface area contributed by atoms with Crippen LogP contribution in [-0.4, -0.2) is 73.9 Å². The lowest BCUT2D eigenvalue weighted by Gasteiger charge is -2.36. The van der Waals surface area contributed by atoms with Crippen LogP contribution in [0.5, 0.6) is 11.5 Å². The average Bonchev–Trinajstić information content (AvgIpc) is 2.59. The van der Waals surface area contributed by atoms with Gasteiger partial charge in [-0.3, -0.25) is 9.69 Å². The fourth-order valence-corrected chi connectivity index (χ4v) is 3.08. The standard InChI is InChI=1S/C18H28N2O4/c1-19(14-18(21)22)15-8-11-20(12-9-15)10-3-13-24-17-6-4-16(23-2)5-7-17/h4-7,15H,3,8-14H2,1-2H3,(H,21,22). The van der Waals surface area contributed by atoms with Crippen LogP contribution >= 0.6 is 0 Å². The minimum absolute atomic E-state index is 0.125. The van der Waals surface area contributed by atoms with Gasteiger partial charge in [-0.05, 0) is 63.7 Å². The Labute approximate surface area is 144 Å². The number of hydrogen-bond acceptors (Lipinski definition) is 5. The zero-order valence-corrected chi connectivity index (χ0v) is 14.6. The first-order valence-electron chi connectivity index (χ1n) is 8.49. The highest BCUT2D eigenvalue weighted by Crippen LogP contribution is 2.18. The molecule has 0 spiro atoms. The molecule has 0 atom stereocenters. The number of benzene rings is 1. The fourth-order valence-electron chi connectivity index (χ4n) is 3.08. The second-order valence-corrected chi connectivity index (χ2v) is 6.26. The molecule has 1 aromatic rings. The molecule has 0 radical (unpaired) electrons. The van der Waals surface area contributed by atoms with Crippen molar-refractivity contribution in [3.8, 4) is 11.5 Å². The van der Waals surface area contributed by atoms with Crippen molar-refractivity contribution in [3.05, 3.63) is 24.3 Å². The van der Waals surface area contributed by atoms with Gasteiger partial charge in [0.15, 0.2) is 0 Å². The van der Waals surface area contributed by atoms with Gasteiger partial charge in [0.05, 0.1) is 20.3 Å². The number of likely N-dealkylation sites (N-methyl/N-ethyl adjacent to an activating group) is 1. The van der Waals surface area contributed by atoms with E-state index < -0.39 is 5.97 Å². The van der Waals surface area contributed by atoms with Gasteiger partial charge in [0.25, 0.3) is 0 Å². The van der Waals surface area contributed by atoms with E-state index in [0.717, 1.165) is 50.4 Å². The van der Waals surface area contributed by atoms with Gasteiger partial charge < -0.3 is 19.5 Å². The molecule has 1 aliphatic heterocycles. The second-order valence-electron chi connectivity index (χ2n) is 6.26. The molecule has 0 aliphatic carbocycles. The van der Waals surface area contributed by atoms with E-state index in [1.807, 2.05) is 36.2 Å². The Hall–Kier alpha value is -1.79. The summed E-state index contributed by atoms with van der Waals surface area (Å²) in [5.74, 6) is 0.943. The van der Waals surface area contributed by atoms with E-state index in [0.29, 0.717) is 12.6 Å². The largest absolute Gasteiger partial charge is 0.497 e. The molecule has 1 N–H and O–H groups in total. The molecular weight excluding hydrogens is 308 g/mol. The monoisotopic (exact) mass is 336 g/mol. The number of nitrogens with zero attached hydrogens (tertiary/aromatic N) is 2. The van der Waals surface area contributed by atoms with Crippen molar-refractivity contribution in [2.24, 2.45) is 0 Å². The smallest absolute Gasteiger partial charge is 0.317 e. The van der Waals surface area contributed by atoms with E-state index in [9.17, 15) is 4.79 Å². The van der Waals surface area contributed by atoms with E-state index >= 15 is 0 Å². The minimum atomic E-state index is -0.754. The molecule has 0 unspecified atom stereocenters.